The molecule has 0 radical (unpaired) electrons. The molecule has 168 valence electrons. The van der Waals surface area contributed by atoms with Crippen molar-refractivity contribution in [3.05, 3.63) is 90.3 Å². The minimum Gasteiger partial charge on any atom is -0.367 e. The number of benzene rings is 2. The highest BCUT2D eigenvalue weighted by atomic mass is 32.2. The number of hydrogen-bond acceptors (Lipinski definition) is 5. The average molecular weight is 459 g/mol. The third-order valence-electron chi connectivity index (χ3n) is 5.61. The van der Waals surface area contributed by atoms with Crippen LogP contribution in [0.4, 0.5) is 14.5 Å². The van der Waals surface area contributed by atoms with E-state index in [4.69, 9.17) is 0 Å². The molecule has 0 unspecified atom stereocenters. The molecule has 1 aliphatic heterocycles. The molecule has 6 nitrogen and oxygen atoms in total. The molecule has 0 aliphatic carbocycles. The van der Waals surface area contributed by atoms with Crippen LogP contribution in [0.1, 0.15) is 11.6 Å². The predicted molar refractivity (Wildman–Crippen MR) is 119 cm³/mol. The molecule has 9 heteroatoms. The van der Waals surface area contributed by atoms with E-state index >= 15 is 0 Å². The van der Waals surface area contributed by atoms with Crippen molar-refractivity contribution in [3.8, 4) is 0 Å². The summed E-state index contributed by atoms with van der Waals surface area (Å²) in [7, 11) is -3.80. The summed E-state index contributed by atoms with van der Waals surface area (Å²) >= 11 is 0. The van der Waals surface area contributed by atoms with Crippen molar-refractivity contribution >= 4 is 15.7 Å². The average Bonchev–Trinajstić information content (AvgIpc) is 2.81. The summed E-state index contributed by atoms with van der Waals surface area (Å²) in [6, 6.07) is 14.9. The highest BCUT2D eigenvalue weighted by Crippen LogP contribution is 2.25. The van der Waals surface area contributed by atoms with Crippen LogP contribution in [-0.4, -0.2) is 51.0 Å². The van der Waals surface area contributed by atoms with Crippen LogP contribution in [0, 0.1) is 11.6 Å². The number of anilines is 1. The lowest BCUT2D eigenvalue weighted by Gasteiger charge is -2.40. The number of pyridine rings is 1. The molecule has 1 atom stereocenters. The minimum absolute atomic E-state index is 0.00760. The van der Waals surface area contributed by atoms with Gasteiger partial charge in [0.2, 0.25) is 10.0 Å². The fourth-order valence-corrected chi connectivity index (χ4v) is 4.94. The van der Waals surface area contributed by atoms with Crippen LogP contribution in [0.2, 0.25) is 0 Å². The van der Waals surface area contributed by atoms with Crippen molar-refractivity contribution in [3.63, 3.8) is 0 Å². The summed E-state index contributed by atoms with van der Waals surface area (Å²) in [6.07, 6.45) is 3.39. The number of sulfonamides is 1. The Kier molecular flexibility index (Phi) is 6.78. The first-order valence-electron chi connectivity index (χ1n) is 10.3. The van der Waals surface area contributed by atoms with Crippen molar-refractivity contribution < 1.29 is 17.2 Å². The molecule has 1 aliphatic rings. The number of rotatable bonds is 7. The molecule has 2 aromatic carbocycles. The van der Waals surface area contributed by atoms with Gasteiger partial charge < -0.3 is 4.90 Å². The largest absolute Gasteiger partial charge is 0.367 e. The highest BCUT2D eigenvalue weighted by Gasteiger charge is 2.28. The summed E-state index contributed by atoms with van der Waals surface area (Å²) in [5, 5.41) is 0. The topological polar surface area (TPSA) is 65.5 Å². The normalized spacial score (nSPS) is 16.1. The Labute approximate surface area is 186 Å². The van der Waals surface area contributed by atoms with E-state index in [-0.39, 0.29) is 23.3 Å². The number of halogens is 2. The van der Waals surface area contributed by atoms with Gasteiger partial charge in [0.25, 0.3) is 0 Å². The third-order valence-corrected chi connectivity index (χ3v) is 7.05. The Bertz CT molecular complexity index is 1140. The van der Waals surface area contributed by atoms with E-state index in [1.165, 1.54) is 18.2 Å². The standard InChI is InChI=1S/C23H24F2N4O2S/c24-19-7-9-20(10-8-19)32(30,31)27-17-23(18-4-3-11-26-16-18)29-14-12-28(13-15-29)22-6-2-1-5-21(22)25/h1-11,16,23,27H,12-15,17H2/t23-/m1/s1. The number of aromatic nitrogens is 1. The molecular formula is C23H24F2N4O2S. The number of piperazine rings is 1. The lowest BCUT2D eigenvalue weighted by atomic mass is 10.1. The fourth-order valence-electron chi connectivity index (χ4n) is 3.90. The van der Waals surface area contributed by atoms with E-state index in [2.05, 4.69) is 14.6 Å². The van der Waals surface area contributed by atoms with Gasteiger partial charge in [0.1, 0.15) is 11.6 Å². The van der Waals surface area contributed by atoms with Crippen LogP contribution in [-0.2, 0) is 10.0 Å². The maximum atomic E-state index is 14.2. The quantitative estimate of drug-likeness (QED) is 0.589. The smallest absolute Gasteiger partial charge is 0.240 e. The lowest BCUT2D eigenvalue weighted by molar-refractivity contribution is 0.186. The molecule has 2 heterocycles. The first kappa shape index (κ1) is 22.3. The summed E-state index contributed by atoms with van der Waals surface area (Å²) in [4.78, 5) is 8.35. The van der Waals surface area contributed by atoms with Crippen molar-refractivity contribution in [2.24, 2.45) is 0 Å². The maximum absolute atomic E-state index is 14.2. The van der Waals surface area contributed by atoms with Gasteiger partial charge in [-0.15, -0.1) is 0 Å². The van der Waals surface area contributed by atoms with Gasteiger partial charge in [0, 0.05) is 45.1 Å². The Morgan fingerprint density at radius 1 is 0.938 bits per heavy atom. The van der Waals surface area contributed by atoms with Gasteiger partial charge in [-0.05, 0) is 48.0 Å². The van der Waals surface area contributed by atoms with Crippen molar-refractivity contribution in [1.82, 2.24) is 14.6 Å². The van der Waals surface area contributed by atoms with Crippen LogP contribution >= 0.6 is 0 Å². The molecule has 0 bridgehead atoms. The van der Waals surface area contributed by atoms with E-state index in [1.807, 2.05) is 23.1 Å². The van der Waals surface area contributed by atoms with E-state index < -0.39 is 15.8 Å². The first-order valence-corrected chi connectivity index (χ1v) is 11.8. The third kappa shape index (κ3) is 5.12. The van der Waals surface area contributed by atoms with Crippen molar-refractivity contribution in [2.75, 3.05) is 37.6 Å². The zero-order valence-corrected chi connectivity index (χ0v) is 18.2. The molecule has 3 aromatic rings. The first-order chi connectivity index (χ1) is 15.4. The monoisotopic (exact) mass is 458 g/mol. The zero-order chi connectivity index (χ0) is 22.6. The highest BCUT2D eigenvalue weighted by molar-refractivity contribution is 7.89. The molecule has 32 heavy (non-hydrogen) atoms. The summed E-state index contributed by atoms with van der Waals surface area (Å²) in [6.45, 7) is 2.62. The van der Waals surface area contributed by atoms with Gasteiger partial charge in [0.05, 0.1) is 16.6 Å². The van der Waals surface area contributed by atoms with Gasteiger partial charge in [-0.2, -0.15) is 0 Å². The summed E-state index contributed by atoms with van der Waals surface area (Å²) in [5.41, 5.74) is 1.45. The Morgan fingerprint density at radius 3 is 2.31 bits per heavy atom. The summed E-state index contributed by atoms with van der Waals surface area (Å²) < 4.78 is 55.4. The molecule has 4 rings (SSSR count). The SMILES string of the molecule is O=S(=O)(NC[C@H](c1cccnc1)N1CCN(c2ccccc2F)CC1)c1ccc(F)cc1. The van der Waals surface area contributed by atoms with Gasteiger partial charge >= 0.3 is 0 Å². The molecule has 1 aromatic heterocycles. The van der Waals surface area contributed by atoms with E-state index in [0.29, 0.717) is 31.9 Å². The Hall–Kier alpha value is -2.88. The molecule has 0 saturated carbocycles. The number of nitrogens with one attached hydrogen (secondary N) is 1. The molecule has 1 fully saturated rings. The molecule has 1 saturated heterocycles. The van der Waals surface area contributed by atoms with Gasteiger partial charge in [-0.3, -0.25) is 9.88 Å². The van der Waals surface area contributed by atoms with Crippen LogP contribution < -0.4 is 9.62 Å². The van der Waals surface area contributed by atoms with Crippen molar-refractivity contribution in [1.29, 1.82) is 0 Å². The molecule has 0 amide bonds. The van der Waals surface area contributed by atoms with Gasteiger partial charge in [-0.1, -0.05) is 18.2 Å². The van der Waals surface area contributed by atoms with E-state index in [1.54, 1.807) is 24.5 Å². The number of nitrogens with zero attached hydrogens (tertiary/aromatic N) is 3. The van der Waals surface area contributed by atoms with Gasteiger partial charge in [0.15, 0.2) is 0 Å². The molecule has 0 spiro atoms. The molecular weight excluding hydrogens is 434 g/mol. The summed E-state index contributed by atoms with van der Waals surface area (Å²) in [5.74, 6) is -0.748. The molecule has 1 N–H and O–H groups in total. The van der Waals surface area contributed by atoms with Crippen LogP contribution in [0.25, 0.3) is 0 Å². The van der Waals surface area contributed by atoms with Crippen LogP contribution in [0.5, 0.6) is 0 Å². The second kappa shape index (κ2) is 9.72. The second-order valence-electron chi connectivity index (χ2n) is 7.58. The minimum atomic E-state index is -3.80. The Morgan fingerprint density at radius 2 is 1.66 bits per heavy atom. The van der Waals surface area contributed by atoms with E-state index in [9.17, 15) is 17.2 Å². The van der Waals surface area contributed by atoms with Crippen molar-refractivity contribution in [2.45, 2.75) is 10.9 Å². The van der Waals surface area contributed by atoms with E-state index in [0.717, 1.165) is 17.7 Å². The zero-order valence-electron chi connectivity index (χ0n) is 17.4. The van der Waals surface area contributed by atoms with Crippen LogP contribution in [0.3, 0.4) is 0 Å². The fraction of sp³-hybridized carbons (Fsp3) is 0.261. The Balaban J connectivity index is 1.48. The maximum Gasteiger partial charge on any atom is 0.240 e. The number of hydrogen-bond donors (Lipinski definition) is 1. The predicted octanol–water partition coefficient (Wildman–Crippen LogP) is 3.20. The van der Waals surface area contributed by atoms with Crippen LogP contribution in [0.15, 0.2) is 78.0 Å². The second-order valence-corrected chi connectivity index (χ2v) is 9.35. The lowest BCUT2D eigenvalue weighted by Crippen LogP contribution is -2.50. The number of para-hydroxylation sites is 1. The van der Waals surface area contributed by atoms with Gasteiger partial charge in [-0.25, -0.2) is 21.9 Å².